The van der Waals surface area contributed by atoms with Crippen LogP contribution >= 0.6 is 0 Å². The molecule has 0 aromatic rings. The van der Waals surface area contributed by atoms with Crippen molar-refractivity contribution in [1.82, 2.24) is 0 Å². The molecule has 1 aliphatic rings. The summed E-state index contributed by atoms with van der Waals surface area (Å²) in [6.07, 6.45) is -7.15. The Morgan fingerprint density at radius 1 is 1.07 bits per heavy atom. The quantitative estimate of drug-likeness (QED) is 0.262. The molecule has 0 bridgehead atoms. The molecule has 5 N–H and O–H groups in total. The first kappa shape index (κ1) is 11.8. The van der Waals surface area contributed by atoms with Crippen LogP contribution in [-0.4, -0.2) is 63.1 Å². The fourth-order valence-electron chi connectivity index (χ4n) is 1.25. The minimum absolute atomic E-state index is 0.423. The third-order valence-electron chi connectivity index (χ3n) is 2.02. The van der Waals surface area contributed by atoms with E-state index < -0.39 is 37.3 Å². The number of aliphatic hydroxyl groups excluding tert-OH is 3. The molecule has 0 aromatic carbocycles. The van der Waals surface area contributed by atoms with Gasteiger partial charge in [-0.05, 0) is 0 Å². The highest BCUT2D eigenvalue weighted by Crippen LogP contribution is 2.21. The molecule has 0 saturated carbocycles. The molecule has 0 spiro atoms. The Bertz CT molecular complexity index is 173. The van der Waals surface area contributed by atoms with Gasteiger partial charge in [0.15, 0.2) is 12.4 Å². The maximum atomic E-state index is 9.32. The minimum atomic E-state index is -1.61. The molecule has 0 radical (unpaired) electrons. The molecule has 2 unspecified atom stereocenters. The third-order valence-corrected chi connectivity index (χ3v) is 2.02. The van der Waals surface area contributed by atoms with Gasteiger partial charge in [-0.2, -0.15) is 0 Å². The second-order valence-corrected chi connectivity index (χ2v) is 2.91. The van der Waals surface area contributed by atoms with Crippen molar-refractivity contribution in [3.8, 4) is 0 Å². The van der Waals surface area contributed by atoms with E-state index in [0.29, 0.717) is 0 Å². The Balaban J connectivity index is 2.62. The summed E-state index contributed by atoms with van der Waals surface area (Å²) in [5, 5.41) is 44.1. The van der Waals surface area contributed by atoms with Gasteiger partial charge in [-0.3, -0.25) is 10.5 Å². The van der Waals surface area contributed by atoms with E-state index in [4.69, 9.17) is 15.6 Å². The molecule has 1 saturated heterocycles. The Hall–Kier alpha value is -0.320. The molecule has 1 fully saturated rings. The topological polar surface area (TPSA) is 129 Å². The van der Waals surface area contributed by atoms with Crippen molar-refractivity contribution in [2.45, 2.75) is 30.7 Å². The zero-order chi connectivity index (χ0) is 10.7. The summed E-state index contributed by atoms with van der Waals surface area (Å²) >= 11 is 0. The van der Waals surface area contributed by atoms with Crippen molar-refractivity contribution >= 4 is 0 Å². The van der Waals surface area contributed by atoms with Crippen LogP contribution in [0.1, 0.15) is 0 Å². The lowest BCUT2D eigenvalue weighted by Gasteiger charge is -2.38. The van der Waals surface area contributed by atoms with E-state index >= 15 is 0 Å². The number of hydrogen-bond donors (Lipinski definition) is 5. The van der Waals surface area contributed by atoms with Gasteiger partial charge in [0, 0.05) is 0 Å². The molecule has 0 aromatic heterocycles. The summed E-state index contributed by atoms with van der Waals surface area (Å²) in [7, 11) is 0. The maximum absolute atomic E-state index is 9.32. The van der Waals surface area contributed by atoms with Gasteiger partial charge in [0.25, 0.3) is 0 Å². The van der Waals surface area contributed by atoms with Crippen LogP contribution in [-0.2, 0) is 14.5 Å². The first-order valence-corrected chi connectivity index (χ1v) is 3.88. The van der Waals surface area contributed by atoms with Gasteiger partial charge in [0.2, 0.25) is 0 Å². The van der Waals surface area contributed by atoms with Gasteiger partial charge in [-0.1, -0.05) is 0 Å². The second kappa shape index (κ2) is 4.96. The predicted molar refractivity (Wildman–Crippen MR) is 39.0 cm³/mol. The van der Waals surface area contributed by atoms with Crippen LogP contribution in [0.25, 0.3) is 0 Å². The van der Waals surface area contributed by atoms with E-state index in [1.165, 1.54) is 0 Å². The molecule has 1 rings (SSSR count). The van der Waals surface area contributed by atoms with Gasteiger partial charge in [-0.25, -0.2) is 9.78 Å². The lowest BCUT2D eigenvalue weighted by Crippen LogP contribution is -2.59. The molecular weight excluding hydrogens is 200 g/mol. The van der Waals surface area contributed by atoms with Crippen LogP contribution in [0.4, 0.5) is 0 Å². The normalized spacial score (nSPS) is 43.9. The van der Waals surface area contributed by atoms with Crippen molar-refractivity contribution in [3.05, 3.63) is 0 Å². The smallest absolute Gasteiger partial charge is 0.187 e. The molecule has 84 valence electrons. The highest BCUT2D eigenvalue weighted by Gasteiger charge is 2.45. The molecule has 0 aliphatic carbocycles. The highest BCUT2D eigenvalue weighted by atomic mass is 17.1. The lowest BCUT2D eigenvalue weighted by molar-refractivity contribution is -0.388. The average molecular weight is 212 g/mol. The van der Waals surface area contributed by atoms with Crippen LogP contribution < -0.4 is 0 Å². The van der Waals surface area contributed by atoms with Crippen LogP contribution in [0.3, 0.4) is 0 Å². The molecule has 8 heteroatoms. The Morgan fingerprint density at radius 2 is 1.71 bits per heavy atom. The van der Waals surface area contributed by atoms with Crippen molar-refractivity contribution in [1.29, 1.82) is 0 Å². The van der Waals surface area contributed by atoms with Crippen LogP contribution in [0.5, 0.6) is 0 Å². The van der Waals surface area contributed by atoms with Gasteiger partial charge in [0.1, 0.15) is 24.9 Å². The maximum Gasteiger partial charge on any atom is 0.187 e. The van der Waals surface area contributed by atoms with Crippen molar-refractivity contribution in [3.63, 3.8) is 0 Å². The fraction of sp³-hybridized carbons (Fsp3) is 1.00. The SMILES string of the molecule is OOCC1OC(O)[C@H](OO)[C@H](O)[C@@H]1O. The summed E-state index contributed by atoms with van der Waals surface area (Å²) in [4.78, 5) is 7.43. The van der Waals surface area contributed by atoms with Crippen LogP contribution in [0.15, 0.2) is 0 Å². The van der Waals surface area contributed by atoms with Crippen LogP contribution in [0, 0.1) is 0 Å². The van der Waals surface area contributed by atoms with Gasteiger partial charge in [0.05, 0.1) is 0 Å². The number of ether oxygens (including phenoxy) is 1. The minimum Gasteiger partial charge on any atom is -0.387 e. The van der Waals surface area contributed by atoms with E-state index in [-0.39, 0.29) is 0 Å². The Kier molecular flexibility index (Phi) is 4.16. The molecule has 5 atom stereocenters. The molecular formula is C6H12O8. The number of rotatable bonds is 3. The zero-order valence-corrected chi connectivity index (χ0v) is 7.05. The van der Waals surface area contributed by atoms with E-state index in [1.54, 1.807) is 0 Å². The van der Waals surface area contributed by atoms with Gasteiger partial charge >= 0.3 is 0 Å². The molecule has 8 nitrogen and oxygen atoms in total. The summed E-state index contributed by atoms with van der Waals surface area (Å²) in [6, 6.07) is 0. The predicted octanol–water partition coefficient (Wildman–Crippen LogP) is -2.23. The zero-order valence-electron chi connectivity index (χ0n) is 7.05. The Labute approximate surface area is 78.7 Å². The monoisotopic (exact) mass is 212 g/mol. The van der Waals surface area contributed by atoms with Crippen molar-refractivity contribution in [2.24, 2.45) is 0 Å². The second-order valence-electron chi connectivity index (χ2n) is 2.91. The average Bonchev–Trinajstić information content (AvgIpc) is 2.15. The summed E-state index contributed by atoms with van der Waals surface area (Å²) in [5.41, 5.74) is 0. The molecule has 14 heavy (non-hydrogen) atoms. The lowest BCUT2D eigenvalue weighted by atomic mass is 9.99. The highest BCUT2D eigenvalue weighted by molar-refractivity contribution is 4.88. The summed E-state index contributed by atoms with van der Waals surface area (Å²) < 4.78 is 4.69. The Morgan fingerprint density at radius 3 is 2.21 bits per heavy atom. The third kappa shape index (κ3) is 2.19. The van der Waals surface area contributed by atoms with E-state index in [9.17, 15) is 10.2 Å². The number of hydrogen-bond acceptors (Lipinski definition) is 8. The largest absolute Gasteiger partial charge is 0.387 e. The summed E-state index contributed by atoms with van der Waals surface area (Å²) in [5.74, 6) is 0. The first-order chi connectivity index (χ1) is 6.61. The van der Waals surface area contributed by atoms with Crippen molar-refractivity contribution in [2.75, 3.05) is 6.61 Å². The first-order valence-electron chi connectivity index (χ1n) is 3.88. The molecule has 0 amide bonds. The standard InChI is InChI=1S/C6H12O8/c7-3-2(1-12-10)13-6(9)5(14-11)4(3)8/h2-11H,1H2/t2?,3-,4-,5-,6?/m1/s1. The summed E-state index contributed by atoms with van der Waals surface area (Å²) in [6.45, 7) is -0.423. The van der Waals surface area contributed by atoms with Gasteiger partial charge < -0.3 is 20.1 Å². The van der Waals surface area contributed by atoms with E-state index in [1.807, 2.05) is 0 Å². The van der Waals surface area contributed by atoms with E-state index in [2.05, 4.69) is 14.5 Å². The number of aliphatic hydroxyl groups is 3. The fourth-order valence-corrected chi connectivity index (χ4v) is 1.25. The van der Waals surface area contributed by atoms with Crippen molar-refractivity contribution < 1.29 is 40.3 Å². The molecule has 1 heterocycles. The van der Waals surface area contributed by atoms with Crippen LogP contribution in [0.2, 0.25) is 0 Å². The van der Waals surface area contributed by atoms with E-state index in [0.717, 1.165) is 0 Å². The molecule has 1 aliphatic heterocycles. The van der Waals surface area contributed by atoms with Gasteiger partial charge in [-0.15, -0.1) is 0 Å².